The van der Waals surface area contributed by atoms with Crippen molar-refractivity contribution in [1.29, 1.82) is 0 Å². The van der Waals surface area contributed by atoms with Crippen molar-refractivity contribution in [1.82, 2.24) is 5.32 Å². The molecule has 4 heteroatoms. The number of carbonyl (C=O) groups excluding carboxylic acids is 1. The number of amides is 1. The molecule has 16 heavy (non-hydrogen) atoms. The van der Waals surface area contributed by atoms with Crippen LogP contribution >= 0.6 is 24.2 Å². The first kappa shape index (κ1) is 11.8. The molecule has 1 amide bonds. The van der Waals surface area contributed by atoms with Crippen LogP contribution in [-0.4, -0.2) is 12.5 Å². The van der Waals surface area contributed by atoms with Crippen molar-refractivity contribution in [2.45, 2.75) is 18.2 Å². The van der Waals surface area contributed by atoms with E-state index in [0.29, 0.717) is 16.5 Å². The van der Waals surface area contributed by atoms with Crippen LogP contribution in [0.4, 0.5) is 0 Å². The van der Waals surface area contributed by atoms with Crippen LogP contribution in [0.15, 0.2) is 23.1 Å². The lowest BCUT2D eigenvalue weighted by molar-refractivity contribution is 0.0951. The highest BCUT2D eigenvalue weighted by Gasteiger charge is 2.32. The Morgan fingerprint density at radius 3 is 2.94 bits per heavy atom. The second-order valence-corrected chi connectivity index (χ2v) is 5.27. The van der Waals surface area contributed by atoms with E-state index >= 15 is 0 Å². The Kier molecular flexibility index (Phi) is 3.45. The van der Waals surface area contributed by atoms with Gasteiger partial charge in [-0.1, -0.05) is 18.5 Å². The highest BCUT2D eigenvalue weighted by atomic mass is 35.5. The van der Waals surface area contributed by atoms with Crippen molar-refractivity contribution < 1.29 is 4.79 Å². The number of benzene rings is 1. The molecule has 0 heterocycles. The zero-order valence-corrected chi connectivity index (χ0v) is 10.7. The molecule has 1 N–H and O–H groups in total. The molecule has 0 radical (unpaired) electrons. The fourth-order valence-electron chi connectivity index (χ4n) is 1.69. The predicted molar refractivity (Wildman–Crippen MR) is 68.3 cm³/mol. The fraction of sp³-hybridized carbons (Fsp3) is 0.417. The number of rotatable bonds is 3. The van der Waals surface area contributed by atoms with Gasteiger partial charge in [0.05, 0.1) is 10.6 Å². The molecule has 2 nitrogen and oxygen atoms in total. The third-order valence-electron chi connectivity index (χ3n) is 3.00. The van der Waals surface area contributed by atoms with E-state index in [2.05, 4.69) is 24.9 Å². The second kappa shape index (κ2) is 4.68. The summed E-state index contributed by atoms with van der Waals surface area (Å²) in [6.45, 7) is 2.94. The van der Waals surface area contributed by atoms with Crippen LogP contribution < -0.4 is 5.32 Å². The first-order valence-corrected chi connectivity index (χ1v) is 6.17. The molecule has 1 aliphatic carbocycles. The van der Waals surface area contributed by atoms with Crippen LogP contribution in [0.1, 0.15) is 23.7 Å². The van der Waals surface area contributed by atoms with Gasteiger partial charge in [0.1, 0.15) is 0 Å². The van der Waals surface area contributed by atoms with E-state index in [1.54, 1.807) is 18.2 Å². The summed E-state index contributed by atoms with van der Waals surface area (Å²) in [5, 5.41) is 3.37. The smallest absolute Gasteiger partial charge is 0.252 e. The summed E-state index contributed by atoms with van der Waals surface area (Å²) in [4.78, 5) is 12.6. The van der Waals surface area contributed by atoms with Crippen molar-refractivity contribution in [2.24, 2.45) is 11.8 Å². The minimum atomic E-state index is -0.111. The van der Waals surface area contributed by atoms with Gasteiger partial charge in [-0.3, -0.25) is 4.79 Å². The van der Waals surface area contributed by atoms with E-state index in [0.717, 1.165) is 17.4 Å². The second-order valence-electron chi connectivity index (χ2n) is 4.35. The number of hydrogen-bond acceptors (Lipinski definition) is 2. The van der Waals surface area contributed by atoms with Crippen molar-refractivity contribution in [2.75, 3.05) is 6.54 Å². The number of halogens is 1. The molecule has 0 aromatic heterocycles. The van der Waals surface area contributed by atoms with E-state index in [9.17, 15) is 4.79 Å². The van der Waals surface area contributed by atoms with Gasteiger partial charge in [-0.15, -0.1) is 12.6 Å². The zero-order chi connectivity index (χ0) is 11.7. The molecule has 1 aromatic rings. The quantitative estimate of drug-likeness (QED) is 0.799. The summed E-state index contributed by atoms with van der Waals surface area (Å²) >= 11 is 10.1. The molecule has 0 bridgehead atoms. The van der Waals surface area contributed by atoms with E-state index in [1.165, 1.54) is 6.42 Å². The topological polar surface area (TPSA) is 29.1 Å². The molecule has 2 unspecified atom stereocenters. The summed E-state index contributed by atoms with van der Waals surface area (Å²) in [7, 11) is 0. The maximum atomic E-state index is 11.8. The molecule has 0 saturated heterocycles. The summed E-state index contributed by atoms with van der Waals surface area (Å²) in [6.07, 6.45) is 1.21. The molecule has 1 aliphatic rings. The lowest BCUT2D eigenvalue weighted by atomic mass is 10.2. The normalized spacial score (nSPS) is 22.9. The molecule has 0 aliphatic heterocycles. The fourth-order valence-corrected chi connectivity index (χ4v) is 2.10. The molecule has 1 fully saturated rings. The Bertz CT molecular complexity index is 421. The van der Waals surface area contributed by atoms with Crippen molar-refractivity contribution in [3.8, 4) is 0 Å². The van der Waals surface area contributed by atoms with Gasteiger partial charge < -0.3 is 5.32 Å². The molecule has 1 aromatic carbocycles. The summed E-state index contributed by atoms with van der Waals surface area (Å²) in [5.74, 6) is 1.27. The Morgan fingerprint density at radius 2 is 2.31 bits per heavy atom. The molecular formula is C12H14ClNOS. The molecule has 2 atom stereocenters. The molecule has 1 saturated carbocycles. The average Bonchev–Trinajstić information content (AvgIpc) is 2.95. The third-order valence-corrected chi connectivity index (χ3v) is 3.60. The number of nitrogens with one attached hydrogen (secondary N) is 1. The lowest BCUT2D eigenvalue weighted by Gasteiger charge is -2.06. The van der Waals surface area contributed by atoms with Crippen LogP contribution in [0, 0.1) is 11.8 Å². The van der Waals surface area contributed by atoms with Crippen LogP contribution in [-0.2, 0) is 0 Å². The molecule has 2 rings (SSSR count). The van der Waals surface area contributed by atoms with Gasteiger partial charge in [0.15, 0.2) is 0 Å². The summed E-state index contributed by atoms with van der Waals surface area (Å²) in [5.41, 5.74) is 0.502. The number of hydrogen-bond donors (Lipinski definition) is 2. The largest absolute Gasteiger partial charge is 0.352 e. The Labute approximate surface area is 106 Å². The molecule has 86 valence electrons. The average molecular weight is 256 g/mol. The monoisotopic (exact) mass is 255 g/mol. The van der Waals surface area contributed by atoms with E-state index < -0.39 is 0 Å². The standard InChI is InChI=1S/C12H14ClNOS/c1-7-4-8(7)6-14-12(15)10-5-9(16)2-3-11(10)13/h2-3,5,7-8,16H,4,6H2,1H3,(H,14,15). The van der Waals surface area contributed by atoms with Gasteiger partial charge in [0.25, 0.3) is 5.91 Å². The SMILES string of the molecule is CC1CC1CNC(=O)c1cc(S)ccc1Cl. The Hall–Kier alpha value is -0.670. The van der Waals surface area contributed by atoms with Gasteiger partial charge >= 0.3 is 0 Å². The van der Waals surface area contributed by atoms with E-state index in [-0.39, 0.29) is 5.91 Å². The highest BCUT2D eigenvalue weighted by molar-refractivity contribution is 7.80. The minimum Gasteiger partial charge on any atom is -0.352 e. The van der Waals surface area contributed by atoms with Gasteiger partial charge in [0, 0.05) is 11.4 Å². The van der Waals surface area contributed by atoms with E-state index in [1.807, 2.05) is 0 Å². The molecular weight excluding hydrogens is 242 g/mol. The zero-order valence-electron chi connectivity index (χ0n) is 9.03. The maximum Gasteiger partial charge on any atom is 0.252 e. The summed E-state index contributed by atoms with van der Waals surface area (Å²) < 4.78 is 0. The predicted octanol–water partition coefficient (Wildman–Crippen LogP) is 3.01. The van der Waals surface area contributed by atoms with Gasteiger partial charge in [-0.05, 0) is 36.5 Å². The first-order chi connectivity index (χ1) is 7.58. The Balaban J connectivity index is 1.99. The van der Waals surface area contributed by atoms with Crippen molar-refractivity contribution in [3.05, 3.63) is 28.8 Å². The van der Waals surface area contributed by atoms with Crippen LogP contribution in [0.5, 0.6) is 0 Å². The number of carbonyl (C=O) groups is 1. The van der Waals surface area contributed by atoms with Crippen LogP contribution in [0.3, 0.4) is 0 Å². The van der Waals surface area contributed by atoms with Crippen molar-refractivity contribution in [3.63, 3.8) is 0 Å². The van der Waals surface area contributed by atoms with Crippen LogP contribution in [0.25, 0.3) is 0 Å². The van der Waals surface area contributed by atoms with Crippen LogP contribution in [0.2, 0.25) is 5.02 Å². The first-order valence-electron chi connectivity index (χ1n) is 5.34. The third kappa shape index (κ3) is 2.71. The minimum absolute atomic E-state index is 0.111. The van der Waals surface area contributed by atoms with Gasteiger partial charge in [0.2, 0.25) is 0 Å². The van der Waals surface area contributed by atoms with Crippen molar-refractivity contribution >= 4 is 30.1 Å². The maximum absolute atomic E-state index is 11.8. The highest BCUT2D eigenvalue weighted by Crippen LogP contribution is 2.36. The summed E-state index contributed by atoms with van der Waals surface area (Å²) in [6, 6.07) is 5.15. The number of thiol groups is 1. The van der Waals surface area contributed by atoms with Gasteiger partial charge in [-0.2, -0.15) is 0 Å². The van der Waals surface area contributed by atoms with E-state index in [4.69, 9.17) is 11.6 Å². The Morgan fingerprint density at radius 1 is 1.62 bits per heavy atom. The lowest BCUT2D eigenvalue weighted by Crippen LogP contribution is -2.26. The molecule has 0 spiro atoms. The van der Waals surface area contributed by atoms with Gasteiger partial charge in [-0.25, -0.2) is 0 Å².